The zero-order valence-corrected chi connectivity index (χ0v) is 11.5. The standard InChI is InChI=1S/C12H16BrNO3/c1-7-3-4-14(6-9(7)15)12(16)11-8(2)5-10(13)17-11/h5,7,9,15H,3-4,6H2,1-2H3. The fraction of sp³-hybridized carbons (Fsp3) is 0.583. The van der Waals surface area contributed by atoms with Crippen LogP contribution in [0.15, 0.2) is 15.2 Å². The molecule has 2 atom stereocenters. The van der Waals surface area contributed by atoms with Gasteiger partial charge in [0.1, 0.15) is 0 Å². The molecular formula is C12H16BrNO3. The number of amides is 1. The minimum Gasteiger partial charge on any atom is -0.444 e. The van der Waals surface area contributed by atoms with Crippen LogP contribution in [-0.4, -0.2) is 35.1 Å². The third kappa shape index (κ3) is 2.55. The van der Waals surface area contributed by atoms with Gasteiger partial charge in [-0.2, -0.15) is 0 Å². The smallest absolute Gasteiger partial charge is 0.289 e. The summed E-state index contributed by atoms with van der Waals surface area (Å²) in [4.78, 5) is 13.8. The van der Waals surface area contributed by atoms with Crippen LogP contribution in [-0.2, 0) is 0 Å². The molecule has 1 fully saturated rings. The second kappa shape index (κ2) is 4.82. The lowest BCUT2D eigenvalue weighted by atomic mass is 9.96. The summed E-state index contributed by atoms with van der Waals surface area (Å²) in [5, 5.41) is 9.78. The lowest BCUT2D eigenvalue weighted by Crippen LogP contribution is -2.45. The molecule has 0 radical (unpaired) electrons. The molecule has 0 saturated carbocycles. The van der Waals surface area contributed by atoms with Crippen molar-refractivity contribution in [1.29, 1.82) is 0 Å². The summed E-state index contributed by atoms with van der Waals surface area (Å²) in [7, 11) is 0. The van der Waals surface area contributed by atoms with Gasteiger partial charge >= 0.3 is 0 Å². The molecule has 2 unspecified atom stereocenters. The van der Waals surface area contributed by atoms with Crippen LogP contribution < -0.4 is 0 Å². The predicted molar refractivity (Wildman–Crippen MR) is 66.8 cm³/mol. The van der Waals surface area contributed by atoms with Gasteiger partial charge in [0.25, 0.3) is 5.91 Å². The van der Waals surface area contributed by atoms with E-state index in [0.29, 0.717) is 23.5 Å². The molecule has 94 valence electrons. The predicted octanol–water partition coefficient (Wildman–Crippen LogP) is 2.19. The van der Waals surface area contributed by atoms with Crippen LogP contribution in [0.25, 0.3) is 0 Å². The molecule has 1 aromatic rings. The molecule has 2 heterocycles. The van der Waals surface area contributed by atoms with Crippen LogP contribution in [0.1, 0.15) is 29.5 Å². The van der Waals surface area contributed by atoms with Crippen LogP contribution in [0.2, 0.25) is 0 Å². The first-order valence-electron chi connectivity index (χ1n) is 5.72. The minimum atomic E-state index is -0.439. The molecular weight excluding hydrogens is 286 g/mol. The van der Waals surface area contributed by atoms with Gasteiger partial charge in [0.15, 0.2) is 10.4 Å². The molecule has 1 saturated heterocycles. The Morgan fingerprint density at radius 1 is 1.65 bits per heavy atom. The summed E-state index contributed by atoms with van der Waals surface area (Å²) in [5.41, 5.74) is 0.815. The van der Waals surface area contributed by atoms with Gasteiger partial charge in [0, 0.05) is 18.7 Å². The third-order valence-corrected chi connectivity index (χ3v) is 3.68. The number of carbonyl (C=O) groups excluding carboxylic acids is 1. The van der Waals surface area contributed by atoms with Crippen molar-refractivity contribution in [2.45, 2.75) is 26.4 Å². The van der Waals surface area contributed by atoms with E-state index >= 15 is 0 Å². The Balaban J connectivity index is 2.13. The Labute approximate surface area is 109 Å². The number of furan rings is 1. The Morgan fingerprint density at radius 2 is 2.35 bits per heavy atom. The molecule has 0 aliphatic carbocycles. The lowest BCUT2D eigenvalue weighted by molar-refractivity contribution is 0.0229. The first-order chi connectivity index (χ1) is 7.99. The maximum absolute atomic E-state index is 12.2. The highest BCUT2D eigenvalue weighted by molar-refractivity contribution is 9.10. The fourth-order valence-corrected chi connectivity index (χ4v) is 2.54. The van der Waals surface area contributed by atoms with Crippen molar-refractivity contribution in [2.75, 3.05) is 13.1 Å². The van der Waals surface area contributed by atoms with E-state index in [1.54, 1.807) is 11.0 Å². The first kappa shape index (κ1) is 12.6. The zero-order chi connectivity index (χ0) is 12.6. The van der Waals surface area contributed by atoms with Crippen molar-refractivity contribution >= 4 is 21.8 Å². The third-order valence-electron chi connectivity index (χ3n) is 3.29. The average molecular weight is 302 g/mol. The quantitative estimate of drug-likeness (QED) is 0.865. The summed E-state index contributed by atoms with van der Waals surface area (Å²) in [6.45, 7) is 4.90. The molecule has 1 amide bonds. The van der Waals surface area contributed by atoms with Gasteiger partial charge in [0.2, 0.25) is 0 Å². The number of β-amino-alcohol motifs (C(OH)–C–C–N with tert-alkyl or cyclic N) is 1. The first-order valence-corrected chi connectivity index (χ1v) is 6.51. The monoisotopic (exact) mass is 301 g/mol. The summed E-state index contributed by atoms with van der Waals surface area (Å²) < 4.78 is 5.89. The SMILES string of the molecule is Cc1cc(Br)oc1C(=O)N1CCC(C)C(O)C1. The topological polar surface area (TPSA) is 53.7 Å². The molecule has 4 nitrogen and oxygen atoms in total. The maximum Gasteiger partial charge on any atom is 0.289 e. The lowest BCUT2D eigenvalue weighted by Gasteiger charge is -2.33. The van der Waals surface area contributed by atoms with Crippen LogP contribution in [0.5, 0.6) is 0 Å². The van der Waals surface area contributed by atoms with Gasteiger partial charge in [-0.1, -0.05) is 6.92 Å². The average Bonchev–Trinajstić information content (AvgIpc) is 2.61. The molecule has 1 aliphatic rings. The van der Waals surface area contributed by atoms with E-state index in [1.807, 2.05) is 13.8 Å². The van der Waals surface area contributed by atoms with Gasteiger partial charge in [-0.05, 0) is 41.3 Å². The van der Waals surface area contributed by atoms with Crippen molar-refractivity contribution in [3.05, 3.63) is 22.1 Å². The normalized spacial score (nSPS) is 25.1. The van der Waals surface area contributed by atoms with Gasteiger partial charge in [0.05, 0.1) is 6.10 Å². The second-order valence-electron chi connectivity index (χ2n) is 4.65. The number of aliphatic hydroxyl groups excluding tert-OH is 1. The van der Waals surface area contributed by atoms with E-state index in [2.05, 4.69) is 15.9 Å². The number of hydrogen-bond donors (Lipinski definition) is 1. The van der Waals surface area contributed by atoms with E-state index < -0.39 is 6.10 Å². The highest BCUT2D eigenvalue weighted by Crippen LogP contribution is 2.24. The molecule has 17 heavy (non-hydrogen) atoms. The molecule has 0 bridgehead atoms. The molecule has 5 heteroatoms. The summed E-state index contributed by atoms with van der Waals surface area (Å²) in [5.74, 6) is 0.473. The fourth-order valence-electron chi connectivity index (χ4n) is 2.03. The second-order valence-corrected chi connectivity index (χ2v) is 5.43. The highest BCUT2D eigenvalue weighted by Gasteiger charge is 2.30. The highest BCUT2D eigenvalue weighted by atomic mass is 79.9. The van der Waals surface area contributed by atoms with Gasteiger partial charge in [-0.25, -0.2) is 0 Å². The molecule has 1 N–H and O–H groups in total. The van der Waals surface area contributed by atoms with Crippen molar-refractivity contribution in [3.63, 3.8) is 0 Å². The van der Waals surface area contributed by atoms with E-state index in [0.717, 1.165) is 12.0 Å². The molecule has 0 aromatic carbocycles. The molecule has 2 rings (SSSR count). The zero-order valence-electron chi connectivity index (χ0n) is 9.94. The van der Waals surface area contributed by atoms with Crippen LogP contribution in [0.3, 0.4) is 0 Å². The number of likely N-dealkylation sites (tertiary alicyclic amines) is 1. The number of halogens is 1. The molecule has 1 aliphatic heterocycles. The number of nitrogens with zero attached hydrogens (tertiary/aromatic N) is 1. The summed E-state index contributed by atoms with van der Waals surface area (Å²) in [6.07, 6.45) is 0.389. The number of aliphatic hydroxyl groups is 1. The Hall–Kier alpha value is -0.810. The van der Waals surface area contributed by atoms with Crippen LogP contribution in [0.4, 0.5) is 0 Å². The molecule has 1 aromatic heterocycles. The summed E-state index contributed by atoms with van der Waals surface area (Å²) >= 11 is 3.21. The number of piperidine rings is 1. The van der Waals surface area contributed by atoms with Gasteiger partial charge in [-0.15, -0.1) is 0 Å². The Kier molecular flexibility index (Phi) is 3.58. The van der Waals surface area contributed by atoms with E-state index in [4.69, 9.17) is 4.42 Å². The van der Waals surface area contributed by atoms with Crippen molar-refractivity contribution < 1.29 is 14.3 Å². The van der Waals surface area contributed by atoms with Crippen molar-refractivity contribution in [3.8, 4) is 0 Å². The molecule has 0 spiro atoms. The van der Waals surface area contributed by atoms with Crippen LogP contribution >= 0.6 is 15.9 Å². The van der Waals surface area contributed by atoms with E-state index in [9.17, 15) is 9.90 Å². The Bertz CT molecular complexity index is 429. The number of aryl methyl sites for hydroxylation is 1. The van der Waals surface area contributed by atoms with E-state index in [-0.39, 0.29) is 11.8 Å². The van der Waals surface area contributed by atoms with E-state index in [1.165, 1.54) is 0 Å². The van der Waals surface area contributed by atoms with Gasteiger partial charge in [-0.3, -0.25) is 4.79 Å². The number of carbonyl (C=O) groups is 1. The van der Waals surface area contributed by atoms with Gasteiger partial charge < -0.3 is 14.4 Å². The number of hydrogen-bond acceptors (Lipinski definition) is 3. The Morgan fingerprint density at radius 3 is 2.88 bits per heavy atom. The maximum atomic E-state index is 12.2. The van der Waals surface area contributed by atoms with Crippen molar-refractivity contribution in [1.82, 2.24) is 4.90 Å². The minimum absolute atomic E-state index is 0.140. The van der Waals surface area contributed by atoms with Crippen molar-refractivity contribution in [2.24, 2.45) is 5.92 Å². The number of rotatable bonds is 1. The van der Waals surface area contributed by atoms with Crippen LogP contribution in [0, 0.1) is 12.8 Å². The summed E-state index contributed by atoms with van der Waals surface area (Å²) in [6, 6.07) is 1.77. The largest absolute Gasteiger partial charge is 0.444 e.